The predicted molar refractivity (Wildman–Crippen MR) is 143 cm³/mol. The minimum absolute atomic E-state index is 0.114. The number of aliphatic hydroxyl groups excluding tert-OH is 1. The van der Waals surface area contributed by atoms with Gasteiger partial charge in [-0.05, 0) is 47.5 Å². The molecule has 3 aromatic carbocycles. The van der Waals surface area contributed by atoms with E-state index in [1.54, 1.807) is 60.7 Å². The SMILES string of the molecule is COc1ccc(C2C(C(=O)c3cc4cc(Cl)cc(OC)c4o3)=C(O)C(=O)N2c2ccc(CC(=O)O)cc2)cc1. The molecule has 1 aliphatic rings. The van der Waals surface area contributed by atoms with Crippen molar-refractivity contribution in [2.45, 2.75) is 12.5 Å². The van der Waals surface area contributed by atoms with Gasteiger partial charge >= 0.3 is 5.97 Å². The zero-order valence-electron chi connectivity index (χ0n) is 20.8. The molecule has 1 aromatic heterocycles. The molecule has 1 atom stereocenters. The average Bonchev–Trinajstić information content (AvgIpc) is 3.47. The third-order valence-corrected chi connectivity index (χ3v) is 6.66. The Kier molecular flexibility index (Phi) is 6.76. The number of methoxy groups -OCH3 is 2. The number of Topliss-reactive ketones (excluding diaryl/α,β-unsaturated/α-hetero) is 1. The van der Waals surface area contributed by atoms with Crippen molar-refractivity contribution in [3.8, 4) is 11.5 Å². The van der Waals surface area contributed by atoms with Crippen LogP contribution in [0, 0.1) is 0 Å². The molecule has 0 fully saturated rings. The first-order chi connectivity index (χ1) is 18.7. The smallest absolute Gasteiger partial charge is 0.307 e. The minimum atomic E-state index is -1.01. The molecule has 1 aliphatic heterocycles. The highest BCUT2D eigenvalue weighted by molar-refractivity contribution is 6.31. The van der Waals surface area contributed by atoms with E-state index in [1.165, 1.54) is 25.2 Å². The summed E-state index contributed by atoms with van der Waals surface area (Å²) in [6, 6.07) is 16.7. The molecule has 198 valence electrons. The molecule has 0 aliphatic carbocycles. The fourth-order valence-corrected chi connectivity index (χ4v) is 4.85. The molecule has 0 saturated heterocycles. The summed E-state index contributed by atoms with van der Waals surface area (Å²) in [6.45, 7) is 0. The number of benzene rings is 3. The van der Waals surface area contributed by atoms with Gasteiger partial charge in [0, 0.05) is 22.2 Å². The van der Waals surface area contributed by atoms with E-state index in [9.17, 15) is 19.5 Å². The topological polar surface area (TPSA) is 127 Å². The lowest BCUT2D eigenvalue weighted by molar-refractivity contribution is -0.136. The Morgan fingerprint density at radius 1 is 1.00 bits per heavy atom. The second-order valence-electron chi connectivity index (χ2n) is 8.82. The van der Waals surface area contributed by atoms with Gasteiger partial charge in [-0.1, -0.05) is 35.9 Å². The molecule has 0 spiro atoms. The van der Waals surface area contributed by atoms with Crippen LogP contribution >= 0.6 is 11.6 Å². The van der Waals surface area contributed by atoms with Crippen molar-refractivity contribution >= 4 is 45.9 Å². The molecule has 10 heteroatoms. The van der Waals surface area contributed by atoms with Crippen LogP contribution in [0.1, 0.15) is 27.7 Å². The van der Waals surface area contributed by atoms with E-state index in [2.05, 4.69) is 0 Å². The number of hydrogen-bond donors (Lipinski definition) is 2. The number of furan rings is 1. The van der Waals surface area contributed by atoms with Gasteiger partial charge in [0.05, 0.1) is 32.3 Å². The Balaban J connectivity index is 1.62. The Bertz CT molecular complexity index is 1640. The van der Waals surface area contributed by atoms with Crippen LogP contribution in [0.15, 0.2) is 82.5 Å². The normalized spacial score (nSPS) is 15.2. The minimum Gasteiger partial charge on any atom is -0.503 e. The Hall–Kier alpha value is -4.76. The van der Waals surface area contributed by atoms with E-state index < -0.39 is 29.5 Å². The fourth-order valence-electron chi connectivity index (χ4n) is 4.64. The second kappa shape index (κ2) is 10.2. The highest BCUT2D eigenvalue weighted by atomic mass is 35.5. The van der Waals surface area contributed by atoms with E-state index in [0.29, 0.717) is 44.3 Å². The molecule has 5 rings (SSSR count). The van der Waals surface area contributed by atoms with Gasteiger partial charge in [0.15, 0.2) is 22.9 Å². The van der Waals surface area contributed by atoms with Gasteiger partial charge in [-0.25, -0.2) is 0 Å². The average molecular weight is 548 g/mol. The lowest BCUT2D eigenvalue weighted by Gasteiger charge is -2.27. The molecule has 0 saturated carbocycles. The first-order valence-corrected chi connectivity index (χ1v) is 12.1. The fraction of sp³-hybridized carbons (Fsp3) is 0.138. The van der Waals surface area contributed by atoms with Crippen molar-refractivity contribution in [2.75, 3.05) is 19.1 Å². The summed E-state index contributed by atoms with van der Waals surface area (Å²) in [5.41, 5.74) is 1.54. The van der Waals surface area contributed by atoms with Crippen LogP contribution in [0.25, 0.3) is 11.0 Å². The highest BCUT2D eigenvalue weighted by Gasteiger charge is 2.45. The summed E-state index contributed by atoms with van der Waals surface area (Å²) in [6.07, 6.45) is -0.192. The molecule has 2 N–H and O–H groups in total. The van der Waals surface area contributed by atoms with E-state index in [4.69, 9.17) is 30.6 Å². The summed E-state index contributed by atoms with van der Waals surface area (Å²) in [4.78, 5) is 39.7. The molecule has 0 radical (unpaired) electrons. The first kappa shape index (κ1) is 25.9. The lowest BCUT2D eigenvalue weighted by Crippen LogP contribution is -2.31. The number of carboxylic acids is 1. The van der Waals surface area contributed by atoms with Crippen LogP contribution in [0.4, 0.5) is 5.69 Å². The third-order valence-electron chi connectivity index (χ3n) is 6.44. The van der Waals surface area contributed by atoms with Crippen LogP contribution in [-0.2, 0) is 16.0 Å². The zero-order valence-corrected chi connectivity index (χ0v) is 21.6. The number of ketones is 1. The quantitative estimate of drug-likeness (QED) is 0.276. The Labute approximate surface area is 227 Å². The van der Waals surface area contributed by atoms with Crippen molar-refractivity contribution in [3.05, 3.63) is 100.0 Å². The van der Waals surface area contributed by atoms with Crippen molar-refractivity contribution in [2.24, 2.45) is 0 Å². The van der Waals surface area contributed by atoms with Crippen LogP contribution in [-0.4, -0.2) is 42.1 Å². The number of nitrogens with zero attached hydrogens (tertiary/aromatic N) is 1. The molecule has 9 nitrogen and oxygen atoms in total. The van der Waals surface area contributed by atoms with Gasteiger partial charge in [0.2, 0.25) is 5.78 Å². The largest absolute Gasteiger partial charge is 0.503 e. The number of anilines is 1. The van der Waals surface area contributed by atoms with Crippen molar-refractivity contribution in [3.63, 3.8) is 0 Å². The number of aliphatic carboxylic acids is 1. The maximum atomic E-state index is 13.9. The van der Waals surface area contributed by atoms with E-state index in [0.717, 1.165) is 0 Å². The van der Waals surface area contributed by atoms with E-state index in [-0.39, 0.29) is 17.8 Å². The van der Waals surface area contributed by atoms with Crippen LogP contribution < -0.4 is 14.4 Å². The molecule has 1 unspecified atom stereocenters. The first-order valence-electron chi connectivity index (χ1n) is 11.7. The summed E-state index contributed by atoms with van der Waals surface area (Å²) in [5.74, 6) is -2.42. The van der Waals surface area contributed by atoms with Crippen molar-refractivity contribution in [1.82, 2.24) is 0 Å². The van der Waals surface area contributed by atoms with Crippen LogP contribution in [0.5, 0.6) is 11.5 Å². The monoisotopic (exact) mass is 547 g/mol. The number of aliphatic hydroxyl groups is 1. The number of ether oxygens (including phenoxy) is 2. The number of carbonyl (C=O) groups excluding carboxylic acids is 2. The predicted octanol–water partition coefficient (Wildman–Crippen LogP) is 5.51. The molecular formula is C29H22ClNO8. The van der Waals surface area contributed by atoms with Gasteiger partial charge in [0.1, 0.15) is 5.75 Å². The Morgan fingerprint density at radius 3 is 2.31 bits per heavy atom. The number of halogens is 1. The number of fused-ring (bicyclic) bond motifs is 1. The van der Waals surface area contributed by atoms with Gasteiger partial charge in [-0.2, -0.15) is 0 Å². The van der Waals surface area contributed by atoms with Gasteiger partial charge in [-0.3, -0.25) is 19.3 Å². The maximum absolute atomic E-state index is 13.9. The van der Waals surface area contributed by atoms with Crippen molar-refractivity contribution in [1.29, 1.82) is 0 Å². The lowest BCUT2D eigenvalue weighted by atomic mass is 9.94. The van der Waals surface area contributed by atoms with Gasteiger partial charge in [0.25, 0.3) is 5.91 Å². The summed E-state index contributed by atoms with van der Waals surface area (Å²) in [7, 11) is 2.96. The summed E-state index contributed by atoms with van der Waals surface area (Å²) >= 11 is 6.16. The standard InChI is InChI=1S/C29H22ClNO8/c1-37-20-9-5-16(6-10-20)25-24(26(34)21-13-17-12-18(30)14-22(38-2)28(17)39-21)27(35)29(36)31(25)19-7-3-15(4-8-19)11-23(32)33/h3-10,12-14,25,35H,11H2,1-2H3,(H,32,33). The summed E-state index contributed by atoms with van der Waals surface area (Å²) in [5, 5.41) is 21.0. The summed E-state index contributed by atoms with van der Waals surface area (Å²) < 4.78 is 16.4. The van der Waals surface area contributed by atoms with E-state index in [1.807, 2.05) is 0 Å². The molecule has 4 aromatic rings. The van der Waals surface area contributed by atoms with Gasteiger partial charge < -0.3 is 24.1 Å². The third kappa shape index (κ3) is 4.68. The highest BCUT2D eigenvalue weighted by Crippen LogP contribution is 2.43. The molecule has 1 amide bonds. The Morgan fingerprint density at radius 2 is 1.69 bits per heavy atom. The number of amides is 1. The zero-order chi connectivity index (χ0) is 27.8. The molecular weight excluding hydrogens is 526 g/mol. The molecule has 0 bridgehead atoms. The maximum Gasteiger partial charge on any atom is 0.307 e. The number of rotatable bonds is 8. The van der Waals surface area contributed by atoms with E-state index >= 15 is 0 Å². The van der Waals surface area contributed by atoms with Crippen molar-refractivity contribution < 1.29 is 38.5 Å². The number of carboxylic acid groups (broad SMARTS) is 1. The number of hydrogen-bond acceptors (Lipinski definition) is 7. The number of carbonyl (C=O) groups is 3. The molecule has 2 heterocycles. The van der Waals surface area contributed by atoms with Gasteiger partial charge in [-0.15, -0.1) is 0 Å². The van der Waals surface area contributed by atoms with Crippen LogP contribution in [0.3, 0.4) is 0 Å². The molecule has 39 heavy (non-hydrogen) atoms. The second-order valence-corrected chi connectivity index (χ2v) is 9.25. The van der Waals surface area contributed by atoms with Crippen LogP contribution in [0.2, 0.25) is 5.02 Å².